The van der Waals surface area contributed by atoms with Crippen LogP contribution in [0.2, 0.25) is 0 Å². The third-order valence-corrected chi connectivity index (χ3v) is 5.08. The van der Waals surface area contributed by atoms with Gasteiger partial charge in [-0.3, -0.25) is 0 Å². The molecule has 148 valence electrons. The maximum Gasteiger partial charge on any atom is 0.508 e. The number of ether oxygens (including phenoxy) is 4. The molecule has 2 N–H and O–H groups in total. The van der Waals surface area contributed by atoms with E-state index in [0.717, 1.165) is 5.69 Å². The molecule has 4 heterocycles. The third-order valence-electron chi connectivity index (χ3n) is 5.08. The molecule has 0 aromatic carbocycles. The van der Waals surface area contributed by atoms with Crippen LogP contribution in [-0.2, 0) is 18.9 Å². The Morgan fingerprint density at radius 1 is 1.39 bits per heavy atom. The van der Waals surface area contributed by atoms with E-state index in [9.17, 15) is 10.1 Å². The SMILES string of the molecule is N#C[C@@]1(COC(=O)OC2CCOCC2)CCC(c2ccc3c(N)ncnn23)O1. The van der Waals surface area contributed by atoms with Gasteiger partial charge in [0.25, 0.3) is 0 Å². The molecule has 0 amide bonds. The number of carbonyl (C=O) groups excluding carboxylic acids is 1. The molecule has 0 bridgehead atoms. The summed E-state index contributed by atoms with van der Waals surface area (Å²) in [5.74, 6) is 0.366. The van der Waals surface area contributed by atoms with E-state index in [1.165, 1.54) is 6.33 Å². The summed E-state index contributed by atoms with van der Waals surface area (Å²) in [4.78, 5) is 15.9. The van der Waals surface area contributed by atoms with Crippen molar-refractivity contribution in [2.45, 2.75) is 43.5 Å². The van der Waals surface area contributed by atoms with Crippen molar-refractivity contribution >= 4 is 17.5 Å². The fraction of sp³-hybridized carbons (Fsp3) is 0.556. The Labute approximate surface area is 161 Å². The largest absolute Gasteiger partial charge is 0.508 e. The van der Waals surface area contributed by atoms with Crippen molar-refractivity contribution in [1.82, 2.24) is 14.6 Å². The average Bonchev–Trinajstić information content (AvgIpc) is 3.33. The Bertz CT molecular complexity index is 903. The molecule has 1 unspecified atom stereocenters. The summed E-state index contributed by atoms with van der Waals surface area (Å²) in [5.41, 5.74) is 6.08. The summed E-state index contributed by atoms with van der Waals surface area (Å²) < 4.78 is 23.3. The van der Waals surface area contributed by atoms with Crippen LogP contribution >= 0.6 is 0 Å². The monoisotopic (exact) mass is 387 g/mol. The van der Waals surface area contributed by atoms with Crippen molar-refractivity contribution in [3.63, 3.8) is 0 Å². The van der Waals surface area contributed by atoms with Crippen LogP contribution in [0.15, 0.2) is 18.5 Å². The van der Waals surface area contributed by atoms with Crippen LogP contribution in [0.5, 0.6) is 0 Å². The number of nitriles is 1. The lowest BCUT2D eigenvalue weighted by Crippen LogP contribution is -2.35. The second-order valence-electron chi connectivity index (χ2n) is 6.92. The highest BCUT2D eigenvalue weighted by Crippen LogP contribution is 2.40. The van der Waals surface area contributed by atoms with E-state index in [1.54, 1.807) is 4.52 Å². The second-order valence-corrected chi connectivity index (χ2v) is 6.92. The van der Waals surface area contributed by atoms with Gasteiger partial charge >= 0.3 is 6.16 Å². The highest BCUT2D eigenvalue weighted by atomic mass is 16.7. The molecule has 0 saturated carbocycles. The average molecular weight is 387 g/mol. The first-order chi connectivity index (χ1) is 13.6. The molecule has 10 heteroatoms. The molecule has 2 aromatic rings. The number of aromatic nitrogens is 3. The number of anilines is 1. The molecule has 2 aromatic heterocycles. The van der Waals surface area contributed by atoms with Gasteiger partial charge in [-0.1, -0.05) is 0 Å². The van der Waals surface area contributed by atoms with Gasteiger partial charge in [-0.15, -0.1) is 0 Å². The predicted molar refractivity (Wildman–Crippen MR) is 95.1 cm³/mol. The van der Waals surface area contributed by atoms with Crippen molar-refractivity contribution in [1.29, 1.82) is 5.26 Å². The molecular weight excluding hydrogens is 366 g/mol. The Kier molecular flexibility index (Phi) is 5.02. The standard InChI is InChI=1S/C18H21N5O5/c19-9-18(10-26-17(24)27-12-4-7-25-8-5-12)6-3-15(28-18)13-1-2-14-16(20)21-11-22-23(13)14/h1-2,11-12,15H,3-8,10H2,(H2,20,21,22)/t15?,18-/m1/s1. The van der Waals surface area contributed by atoms with Gasteiger partial charge < -0.3 is 24.7 Å². The number of carbonyl (C=O) groups is 1. The molecule has 2 fully saturated rings. The van der Waals surface area contributed by atoms with Gasteiger partial charge in [0.15, 0.2) is 11.4 Å². The first kappa shape index (κ1) is 18.5. The minimum atomic E-state index is -1.22. The molecule has 2 atom stereocenters. The normalized spacial score (nSPS) is 25.5. The molecule has 4 rings (SSSR count). The van der Waals surface area contributed by atoms with Gasteiger partial charge in [-0.2, -0.15) is 10.4 Å². The van der Waals surface area contributed by atoms with E-state index >= 15 is 0 Å². The van der Waals surface area contributed by atoms with Crippen LogP contribution in [0.1, 0.15) is 37.5 Å². The smallest absolute Gasteiger partial charge is 0.431 e. The number of rotatable bonds is 4. The van der Waals surface area contributed by atoms with Crippen molar-refractivity contribution in [2.24, 2.45) is 0 Å². The maximum atomic E-state index is 12.0. The van der Waals surface area contributed by atoms with Gasteiger partial charge in [0.1, 0.15) is 36.7 Å². The maximum absolute atomic E-state index is 12.0. The van der Waals surface area contributed by atoms with E-state index in [-0.39, 0.29) is 18.8 Å². The quantitative estimate of drug-likeness (QED) is 0.779. The Morgan fingerprint density at radius 3 is 3.00 bits per heavy atom. The van der Waals surface area contributed by atoms with Crippen molar-refractivity contribution in [2.75, 3.05) is 25.6 Å². The molecule has 28 heavy (non-hydrogen) atoms. The van der Waals surface area contributed by atoms with Gasteiger partial charge in [0.05, 0.1) is 18.9 Å². The number of hydrogen-bond donors (Lipinski definition) is 1. The van der Waals surface area contributed by atoms with E-state index in [1.807, 2.05) is 12.1 Å². The number of hydrogen-bond acceptors (Lipinski definition) is 9. The molecule has 2 aliphatic rings. The van der Waals surface area contributed by atoms with Crippen molar-refractivity contribution < 1.29 is 23.7 Å². The highest BCUT2D eigenvalue weighted by molar-refractivity contribution is 5.65. The fourth-order valence-corrected chi connectivity index (χ4v) is 3.54. The zero-order chi connectivity index (χ0) is 19.6. The lowest BCUT2D eigenvalue weighted by Gasteiger charge is -2.24. The molecule has 0 radical (unpaired) electrons. The van der Waals surface area contributed by atoms with Crippen molar-refractivity contribution in [3.8, 4) is 6.07 Å². The van der Waals surface area contributed by atoms with Crippen LogP contribution < -0.4 is 5.73 Å². The molecule has 10 nitrogen and oxygen atoms in total. The lowest BCUT2D eigenvalue weighted by molar-refractivity contribution is -0.0697. The lowest BCUT2D eigenvalue weighted by atomic mass is 10.0. The first-order valence-electron chi connectivity index (χ1n) is 9.18. The molecule has 2 aliphatic heterocycles. The zero-order valence-electron chi connectivity index (χ0n) is 15.2. The predicted octanol–water partition coefficient (Wildman–Crippen LogP) is 1.76. The number of fused-ring (bicyclic) bond motifs is 1. The van der Waals surface area contributed by atoms with Gasteiger partial charge in [-0.05, 0) is 25.0 Å². The summed E-state index contributed by atoms with van der Waals surface area (Å²) in [7, 11) is 0. The minimum Gasteiger partial charge on any atom is -0.431 e. The topological polar surface area (TPSA) is 134 Å². The summed E-state index contributed by atoms with van der Waals surface area (Å²) in [5, 5.41) is 13.9. The number of nitrogens with two attached hydrogens (primary N) is 1. The minimum absolute atomic E-state index is 0.192. The number of nitrogens with zero attached hydrogens (tertiary/aromatic N) is 4. The highest BCUT2D eigenvalue weighted by Gasteiger charge is 2.43. The Hall–Kier alpha value is -2.90. The summed E-state index contributed by atoms with van der Waals surface area (Å²) in [6, 6.07) is 5.80. The summed E-state index contributed by atoms with van der Waals surface area (Å²) >= 11 is 0. The first-order valence-corrected chi connectivity index (χ1v) is 9.18. The van der Waals surface area contributed by atoms with E-state index in [2.05, 4.69) is 16.2 Å². The zero-order valence-corrected chi connectivity index (χ0v) is 15.2. The van der Waals surface area contributed by atoms with E-state index in [0.29, 0.717) is 50.2 Å². The third kappa shape index (κ3) is 3.58. The molecule has 2 saturated heterocycles. The van der Waals surface area contributed by atoms with Crippen molar-refractivity contribution in [3.05, 3.63) is 24.2 Å². The Balaban J connectivity index is 1.39. The van der Waals surface area contributed by atoms with E-state index < -0.39 is 11.8 Å². The van der Waals surface area contributed by atoms with Crippen LogP contribution in [-0.4, -0.2) is 52.3 Å². The van der Waals surface area contributed by atoms with Gasteiger partial charge in [0, 0.05) is 12.8 Å². The number of nitrogen functional groups attached to an aromatic ring is 1. The molecule has 0 spiro atoms. The van der Waals surface area contributed by atoms with Crippen LogP contribution in [0.3, 0.4) is 0 Å². The molecular formula is C18H21N5O5. The second kappa shape index (κ2) is 7.61. The fourth-order valence-electron chi connectivity index (χ4n) is 3.54. The van der Waals surface area contributed by atoms with Gasteiger partial charge in [0.2, 0.25) is 0 Å². The van der Waals surface area contributed by atoms with E-state index in [4.69, 9.17) is 24.7 Å². The summed E-state index contributed by atoms with van der Waals surface area (Å²) in [6.07, 6.45) is 2.29. The Morgan fingerprint density at radius 2 is 2.21 bits per heavy atom. The van der Waals surface area contributed by atoms with Crippen LogP contribution in [0, 0.1) is 11.3 Å². The molecule has 0 aliphatic carbocycles. The van der Waals surface area contributed by atoms with Crippen LogP contribution in [0.4, 0.5) is 10.6 Å². The summed E-state index contributed by atoms with van der Waals surface area (Å²) in [6.45, 7) is 0.927. The van der Waals surface area contributed by atoms with Gasteiger partial charge in [-0.25, -0.2) is 14.3 Å². The van der Waals surface area contributed by atoms with Crippen LogP contribution in [0.25, 0.3) is 5.52 Å².